The number of rotatable bonds is 6. The van der Waals surface area contributed by atoms with Gasteiger partial charge in [-0.25, -0.2) is 0 Å². The van der Waals surface area contributed by atoms with Crippen LogP contribution >= 0.6 is 11.3 Å². The Kier molecular flexibility index (Phi) is 5.35. The fourth-order valence-corrected chi connectivity index (χ4v) is 3.98. The summed E-state index contributed by atoms with van der Waals surface area (Å²) in [6.07, 6.45) is 2.07. The zero-order valence-electron chi connectivity index (χ0n) is 14.0. The Morgan fingerprint density at radius 1 is 1.32 bits per heavy atom. The molecule has 132 valence electrons. The van der Waals surface area contributed by atoms with Crippen LogP contribution in [0.2, 0.25) is 0 Å². The van der Waals surface area contributed by atoms with E-state index in [1.807, 2.05) is 24.3 Å². The van der Waals surface area contributed by atoms with Gasteiger partial charge in [0.15, 0.2) is 0 Å². The van der Waals surface area contributed by atoms with E-state index in [2.05, 4.69) is 10.2 Å². The molecule has 0 aliphatic carbocycles. The van der Waals surface area contributed by atoms with Gasteiger partial charge >= 0.3 is 0 Å². The second-order valence-electron chi connectivity index (χ2n) is 5.98. The number of likely N-dealkylation sites (tertiary alicyclic amines) is 1. The molecule has 2 amide bonds. The van der Waals surface area contributed by atoms with E-state index < -0.39 is 5.91 Å². The molecule has 0 spiro atoms. The molecule has 1 atom stereocenters. The molecule has 6 nitrogen and oxygen atoms in total. The van der Waals surface area contributed by atoms with Crippen molar-refractivity contribution < 1.29 is 14.3 Å². The first kappa shape index (κ1) is 17.4. The summed E-state index contributed by atoms with van der Waals surface area (Å²) >= 11 is 1.30. The highest BCUT2D eigenvalue weighted by Gasteiger charge is 2.28. The number of hydrogen-bond donors (Lipinski definition) is 2. The van der Waals surface area contributed by atoms with Gasteiger partial charge in [-0.1, -0.05) is 12.1 Å². The minimum atomic E-state index is -0.533. The van der Waals surface area contributed by atoms with Crippen LogP contribution in [0.25, 0.3) is 0 Å². The van der Waals surface area contributed by atoms with Crippen LogP contribution < -0.4 is 15.8 Å². The van der Waals surface area contributed by atoms with Crippen molar-refractivity contribution in [3.05, 3.63) is 46.8 Å². The van der Waals surface area contributed by atoms with Crippen molar-refractivity contribution in [2.75, 3.05) is 25.5 Å². The van der Waals surface area contributed by atoms with Gasteiger partial charge in [-0.2, -0.15) is 0 Å². The molecule has 2 aromatic rings. The van der Waals surface area contributed by atoms with E-state index in [0.29, 0.717) is 10.6 Å². The van der Waals surface area contributed by atoms with Crippen molar-refractivity contribution in [2.45, 2.75) is 18.9 Å². The van der Waals surface area contributed by atoms with Crippen LogP contribution in [0, 0.1) is 0 Å². The number of thiophene rings is 1. The summed E-state index contributed by atoms with van der Waals surface area (Å²) in [6, 6.07) is 9.82. The molecule has 1 aromatic carbocycles. The summed E-state index contributed by atoms with van der Waals surface area (Å²) in [6.45, 7) is 1.16. The van der Waals surface area contributed by atoms with Crippen molar-refractivity contribution in [2.24, 2.45) is 5.73 Å². The number of nitrogens with two attached hydrogens (primary N) is 1. The third kappa shape index (κ3) is 4.00. The zero-order chi connectivity index (χ0) is 17.8. The number of nitrogens with one attached hydrogen (secondary N) is 1. The SMILES string of the molecule is COc1ccc(C2CCCN2CC(=O)Nc2sccc2C(N)=O)cc1. The van der Waals surface area contributed by atoms with E-state index in [-0.39, 0.29) is 18.5 Å². The quantitative estimate of drug-likeness (QED) is 0.830. The molecule has 0 bridgehead atoms. The lowest BCUT2D eigenvalue weighted by molar-refractivity contribution is -0.117. The first-order chi connectivity index (χ1) is 12.1. The van der Waals surface area contributed by atoms with Gasteiger partial charge in [-0.3, -0.25) is 14.5 Å². The molecular formula is C18H21N3O3S. The van der Waals surface area contributed by atoms with Crippen LogP contribution in [0.1, 0.15) is 34.8 Å². The predicted molar refractivity (Wildman–Crippen MR) is 98.0 cm³/mol. The lowest BCUT2D eigenvalue weighted by Crippen LogP contribution is -2.33. The summed E-state index contributed by atoms with van der Waals surface area (Å²) < 4.78 is 5.20. The Balaban J connectivity index is 1.65. The summed E-state index contributed by atoms with van der Waals surface area (Å²) in [5, 5.41) is 5.06. The summed E-state index contributed by atoms with van der Waals surface area (Å²) in [4.78, 5) is 25.9. The molecule has 1 aliphatic rings. The first-order valence-corrected chi connectivity index (χ1v) is 9.01. The molecule has 1 aliphatic heterocycles. The highest BCUT2D eigenvalue weighted by Crippen LogP contribution is 2.32. The number of carbonyl (C=O) groups is 2. The normalized spacial score (nSPS) is 17.4. The van der Waals surface area contributed by atoms with Crippen molar-refractivity contribution >= 4 is 28.2 Å². The highest BCUT2D eigenvalue weighted by atomic mass is 32.1. The fourth-order valence-electron chi connectivity index (χ4n) is 3.17. The van der Waals surface area contributed by atoms with Gasteiger partial charge in [-0.05, 0) is 48.5 Å². The summed E-state index contributed by atoms with van der Waals surface area (Å²) in [5.74, 6) is 0.155. The van der Waals surface area contributed by atoms with Crippen molar-refractivity contribution in [1.82, 2.24) is 4.90 Å². The molecule has 25 heavy (non-hydrogen) atoms. The van der Waals surface area contributed by atoms with Crippen LogP contribution in [0.5, 0.6) is 5.75 Å². The van der Waals surface area contributed by atoms with E-state index in [1.54, 1.807) is 18.6 Å². The molecule has 1 saturated heterocycles. The number of anilines is 1. The number of benzene rings is 1. The van der Waals surface area contributed by atoms with Gasteiger partial charge in [-0.15, -0.1) is 11.3 Å². The number of methoxy groups -OCH3 is 1. The Morgan fingerprint density at radius 2 is 2.08 bits per heavy atom. The van der Waals surface area contributed by atoms with Crippen LogP contribution in [0.4, 0.5) is 5.00 Å². The monoisotopic (exact) mass is 359 g/mol. The maximum Gasteiger partial charge on any atom is 0.251 e. The van der Waals surface area contributed by atoms with Gasteiger partial charge in [0.25, 0.3) is 5.91 Å². The third-order valence-electron chi connectivity index (χ3n) is 4.39. The third-order valence-corrected chi connectivity index (χ3v) is 5.22. The standard InChI is InChI=1S/C18H21N3O3S/c1-24-13-6-4-12(5-7-13)15-3-2-9-21(15)11-16(22)20-18-14(17(19)23)8-10-25-18/h4-8,10,15H,2-3,9,11H2,1H3,(H2,19,23)(H,20,22). The molecule has 0 saturated carbocycles. The molecule has 3 N–H and O–H groups in total. The Labute approximate surface area is 150 Å². The van der Waals surface area contributed by atoms with E-state index in [0.717, 1.165) is 25.1 Å². The molecule has 1 unspecified atom stereocenters. The minimum absolute atomic E-state index is 0.134. The lowest BCUT2D eigenvalue weighted by Gasteiger charge is -2.24. The minimum Gasteiger partial charge on any atom is -0.497 e. The predicted octanol–water partition coefficient (Wildman–Crippen LogP) is 2.63. The van der Waals surface area contributed by atoms with Gasteiger partial charge in [0, 0.05) is 6.04 Å². The summed E-state index contributed by atoms with van der Waals surface area (Å²) in [7, 11) is 1.64. The van der Waals surface area contributed by atoms with E-state index >= 15 is 0 Å². The second kappa shape index (κ2) is 7.67. The first-order valence-electron chi connectivity index (χ1n) is 8.13. The molecule has 1 fully saturated rings. The van der Waals surface area contributed by atoms with Crippen LogP contribution in [-0.2, 0) is 4.79 Å². The Bertz CT molecular complexity index is 757. The smallest absolute Gasteiger partial charge is 0.251 e. The number of hydrogen-bond acceptors (Lipinski definition) is 5. The largest absolute Gasteiger partial charge is 0.497 e. The fraction of sp³-hybridized carbons (Fsp3) is 0.333. The maximum absolute atomic E-state index is 12.4. The van der Waals surface area contributed by atoms with Crippen LogP contribution in [-0.4, -0.2) is 36.9 Å². The number of carbonyl (C=O) groups excluding carboxylic acids is 2. The number of primary amides is 1. The molecular weight excluding hydrogens is 338 g/mol. The average Bonchev–Trinajstić information content (AvgIpc) is 3.24. The topological polar surface area (TPSA) is 84.7 Å². The average molecular weight is 359 g/mol. The van der Waals surface area contributed by atoms with Gasteiger partial charge in [0.05, 0.1) is 19.2 Å². The van der Waals surface area contributed by atoms with Crippen molar-refractivity contribution in [3.63, 3.8) is 0 Å². The highest BCUT2D eigenvalue weighted by molar-refractivity contribution is 7.14. The van der Waals surface area contributed by atoms with E-state index in [9.17, 15) is 9.59 Å². The lowest BCUT2D eigenvalue weighted by atomic mass is 10.0. The van der Waals surface area contributed by atoms with E-state index in [4.69, 9.17) is 10.5 Å². The molecule has 1 aromatic heterocycles. The number of ether oxygens (including phenoxy) is 1. The summed E-state index contributed by atoms with van der Waals surface area (Å²) in [5.41, 5.74) is 6.85. The van der Waals surface area contributed by atoms with Crippen LogP contribution in [0.15, 0.2) is 35.7 Å². The zero-order valence-corrected chi connectivity index (χ0v) is 14.8. The van der Waals surface area contributed by atoms with E-state index in [1.165, 1.54) is 16.9 Å². The Hall–Kier alpha value is -2.38. The van der Waals surface area contributed by atoms with Gasteiger partial charge < -0.3 is 15.8 Å². The number of amides is 2. The molecule has 0 radical (unpaired) electrons. The van der Waals surface area contributed by atoms with Gasteiger partial charge in [0.2, 0.25) is 5.91 Å². The maximum atomic E-state index is 12.4. The number of nitrogens with zero attached hydrogens (tertiary/aromatic N) is 1. The molecule has 2 heterocycles. The van der Waals surface area contributed by atoms with Crippen molar-refractivity contribution in [3.8, 4) is 5.75 Å². The van der Waals surface area contributed by atoms with Crippen LogP contribution in [0.3, 0.4) is 0 Å². The Morgan fingerprint density at radius 3 is 2.76 bits per heavy atom. The second-order valence-corrected chi connectivity index (χ2v) is 6.89. The van der Waals surface area contributed by atoms with Gasteiger partial charge in [0.1, 0.15) is 10.8 Å². The molecule has 7 heteroatoms. The van der Waals surface area contributed by atoms with Crippen molar-refractivity contribution in [1.29, 1.82) is 0 Å². The molecule has 3 rings (SSSR count).